The largest absolute Gasteiger partial charge is 0.416 e. The summed E-state index contributed by atoms with van der Waals surface area (Å²) in [6, 6.07) is 6.35. The SMILES string of the molecule is O=C1N=C(N2CCNC[C@@H]2CO)S/C1=C\c1ccc2c(cnn2Cc2ccc(C(F)(F)F)cc2C(F)(F)F)c1. The van der Waals surface area contributed by atoms with Gasteiger partial charge in [0.15, 0.2) is 5.17 Å². The fraction of sp³-hybridized carbons (Fsp3) is 0.320. The number of aliphatic hydroxyl groups excluding tert-OH is 1. The molecule has 1 amide bonds. The van der Waals surface area contributed by atoms with Crippen LogP contribution in [-0.4, -0.2) is 63.1 Å². The Morgan fingerprint density at radius 3 is 2.62 bits per heavy atom. The van der Waals surface area contributed by atoms with Gasteiger partial charge in [-0.05, 0) is 53.2 Å². The summed E-state index contributed by atoms with van der Waals surface area (Å²) in [6.45, 7) is 1.39. The van der Waals surface area contributed by atoms with Gasteiger partial charge in [0.2, 0.25) is 0 Å². The number of halogens is 6. The fourth-order valence-corrected chi connectivity index (χ4v) is 5.50. The van der Waals surface area contributed by atoms with E-state index in [1.54, 1.807) is 24.3 Å². The second-order valence-electron chi connectivity index (χ2n) is 9.03. The van der Waals surface area contributed by atoms with E-state index in [0.29, 0.717) is 52.2 Å². The maximum atomic E-state index is 13.6. The summed E-state index contributed by atoms with van der Waals surface area (Å²) in [5, 5.41) is 18.0. The van der Waals surface area contributed by atoms with Gasteiger partial charge in [-0.3, -0.25) is 9.48 Å². The Hall–Kier alpha value is -3.36. The molecule has 1 aromatic heterocycles. The maximum Gasteiger partial charge on any atom is 0.416 e. The number of piperazine rings is 1. The van der Waals surface area contributed by atoms with Crippen molar-refractivity contribution in [1.29, 1.82) is 0 Å². The van der Waals surface area contributed by atoms with Crippen molar-refractivity contribution in [3.63, 3.8) is 0 Å². The van der Waals surface area contributed by atoms with E-state index in [9.17, 15) is 36.2 Å². The molecule has 0 spiro atoms. The van der Waals surface area contributed by atoms with E-state index in [4.69, 9.17) is 0 Å². The number of benzene rings is 2. The number of amidine groups is 1. The van der Waals surface area contributed by atoms with Crippen molar-refractivity contribution in [2.75, 3.05) is 26.2 Å². The lowest BCUT2D eigenvalue weighted by Crippen LogP contribution is -2.54. The number of rotatable bonds is 4. The number of nitrogens with zero attached hydrogens (tertiary/aromatic N) is 4. The smallest absolute Gasteiger partial charge is 0.394 e. The van der Waals surface area contributed by atoms with Crippen molar-refractivity contribution in [3.05, 3.63) is 69.8 Å². The summed E-state index contributed by atoms with van der Waals surface area (Å²) in [4.78, 5) is 18.9. The molecule has 1 fully saturated rings. The molecule has 0 saturated carbocycles. The molecule has 3 aromatic rings. The van der Waals surface area contributed by atoms with Gasteiger partial charge >= 0.3 is 12.4 Å². The highest BCUT2D eigenvalue weighted by Gasteiger charge is 2.38. The molecule has 7 nitrogen and oxygen atoms in total. The molecule has 0 bridgehead atoms. The van der Waals surface area contributed by atoms with Gasteiger partial charge < -0.3 is 15.3 Å². The van der Waals surface area contributed by atoms with Gasteiger partial charge in [0.1, 0.15) is 0 Å². The Morgan fingerprint density at radius 1 is 1.10 bits per heavy atom. The zero-order chi connectivity index (χ0) is 27.9. The number of aliphatic hydroxyl groups is 1. The van der Waals surface area contributed by atoms with E-state index >= 15 is 0 Å². The second kappa shape index (κ2) is 10.3. The normalized spacial score (nSPS) is 19.8. The van der Waals surface area contributed by atoms with E-state index in [-0.39, 0.29) is 30.8 Å². The lowest BCUT2D eigenvalue weighted by atomic mass is 10.0. The first-order valence-corrected chi connectivity index (χ1v) is 12.6. The number of carbonyl (C=O) groups is 1. The third-order valence-corrected chi connectivity index (χ3v) is 7.46. The van der Waals surface area contributed by atoms with Crippen LogP contribution in [0.4, 0.5) is 26.3 Å². The predicted octanol–water partition coefficient (Wildman–Crippen LogP) is 4.36. The van der Waals surface area contributed by atoms with E-state index in [2.05, 4.69) is 15.4 Å². The number of aromatic nitrogens is 2. The minimum atomic E-state index is -4.98. The Kier molecular flexibility index (Phi) is 7.20. The number of carbonyl (C=O) groups excluding carboxylic acids is 1. The average Bonchev–Trinajstić information content (AvgIpc) is 3.45. The highest BCUT2D eigenvalue weighted by atomic mass is 32.2. The molecule has 2 aliphatic heterocycles. The maximum absolute atomic E-state index is 13.6. The average molecular weight is 570 g/mol. The van der Waals surface area contributed by atoms with Crippen LogP contribution in [0.15, 0.2) is 52.5 Å². The Labute approximate surface area is 222 Å². The number of nitrogens with one attached hydrogen (secondary N) is 1. The molecule has 1 atom stereocenters. The third-order valence-electron chi connectivity index (χ3n) is 6.44. The molecule has 1 saturated heterocycles. The van der Waals surface area contributed by atoms with Crippen molar-refractivity contribution in [2.24, 2.45) is 4.99 Å². The van der Waals surface area contributed by atoms with Gasteiger partial charge in [-0.2, -0.15) is 36.4 Å². The van der Waals surface area contributed by atoms with Crippen molar-refractivity contribution >= 4 is 39.8 Å². The summed E-state index contributed by atoms with van der Waals surface area (Å²) in [5.41, 5.74) is -1.99. The molecular weight excluding hydrogens is 548 g/mol. The van der Waals surface area contributed by atoms with Crippen LogP contribution in [0.3, 0.4) is 0 Å². The second-order valence-corrected chi connectivity index (χ2v) is 10.0. The van der Waals surface area contributed by atoms with E-state index < -0.39 is 29.4 Å². The molecule has 3 heterocycles. The molecule has 2 aromatic carbocycles. The summed E-state index contributed by atoms with van der Waals surface area (Å²) < 4.78 is 81.0. The van der Waals surface area contributed by atoms with Crippen LogP contribution >= 0.6 is 11.8 Å². The van der Waals surface area contributed by atoms with Crippen LogP contribution in [0.1, 0.15) is 22.3 Å². The van der Waals surface area contributed by atoms with Crippen molar-refractivity contribution < 1.29 is 36.2 Å². The highest BCUT2D eigenvalue weighted by molar-refractivity contribution is 8.18. The van der Waals surface area contributed by atoms with E-state index in [1.807, 2.05) is 4.90 Å². The standard InChI is InChI=1S/C25H21F6N5O2S/c26-24(27,28)17-3-2-15(19(9-17)25(29,30)31)12-36-20-4-1-14(7-16(20)10-33-36)8-21-22(38)34-23(39-21)35-6-5-32-11-18(35)13-37/h1-4,7-10,18,32,37H,5-6,11-13H2/b21-8-/t18-/m1/s1. The molecule has 0 radical (unpaired) electrons. The van der Waals surface area contributed by atoms with Crippen LogP contribution in [0.25, 0.3) is 17.0 Å². The molecule has 0 unspecified atom stereocenters. The minimum absolute atomic E-state index is 0.0859. The van der Waals surface area contributed by atoms with Gasteiger partial charge in [0.25, 0.3) is 5.91 Å². The fourth-order valence-electron chi connectivity index (χ4n) is 4.49. The predicted molar refractivity (Wildman–Crippen MR) is 134 cm³/mol. The van der Waals surface area contributed by atoms with Gasteiger partial charge in [0.05, 0.1) is 46.9 Å². The molecule has 0 aliphatic carbocycles. The highest BCUT2D eigenvalue weighted by Crippen LogP contribution is 2.38. The zero-order valence-corrected chi connectivity index (χ0v) is 20.9. The van der Waals surface area contributed by atoms with Gasteiger partial charge in [-0.25, -0.2) is 0 Å². The zero-order valence-electron chi connectivity index (χ0n) is 20.1. The first-order chi connectivity index (χ1) is 18.4. The van der Waals surface area contributed by atoms with Crippen molar-refractivity contribution in [3.8, 4) is 0 Å². The minimum Gasteiger partial charge on any atom is -0.394 e. The molecule has 206 valence electrons. The van der Waals surface area contributed by atoms with Crippen LogP contribution in [-0.2, 0) is 23.7 Å². The van der Waals surface area contributed by atoms with Gasteiger partial charge in [-0.1, -0.05) is 12.1 Å². The van der Waals surface area contributed by atoms with E-state index in [1.165, 1.54) is 22.6 Å². The Bertz CT molecular complexity index is 1480. The Balaban J connectivity index is 1.38. The topological polar surface area (TPSA) is 82.8 Å². The first-order valence-electron chi connectivity index (χ1n) is 11.8. The van der Waals surface area contributed by atoms with Crippen LogP contribution in [0.2, 0.25) is 0 Å². The van der Waals surface area contributed by atoms with Crippen molar-refractivity contribution in [2.45, 2.75) is 24.9 Å². The number of hydrogen-bond donors (Lipinski definition) is 2. The molecule has 2 aliphatic rings. The van der Waals surface area contributed by atoms with Crippen LogP contribution in [0, 0.1) is 0 Å². The number of hydrogen-bond acceptors (Lipinski definition) is 6. The molecule has 14 heteroatoms. The number of amides is 1. The first kappa shape index (κ1) is 27.2. The Morgan fingerprint density at radius 2 is 1.90 bits per heavy atom. The summed E-state index contributed by atoms with van der Waals surface area (Å²) in [6.07, 6.45) is -6.80. The monoisotopic (exact) mass is 569 g/mol. The number of thioether (sulfide) groups is 1. The summed E-state index contributed by atoms with van der Waals surface area (Å²) in [5.74, 6) is -0.414. The lowest BCUT2D eigenvalue weighted by Gasteiger charge is -2.35. The summed E-state index contributed by atoms with van der Waals surface area (Å²) in [7, 11) is 0. The molecule has 5 rings (SSSR count). The summed E-state index contributed by atoms with van der Waals surface area (Å²) >= 11 is 1.20. The van der Waals surface area contributed by atoms with Crippen LogP contribution in [0.5, 0.6) is 0 Å². The van der Waals surface area contributed by atoms with Crippen molar-refractivity contribution in [1.82, 2.24) is 20.0 Å². The number of alkyl halides is 6. The third kappa shape index (κ3) is 5.68. The van der Waals surface area contributed by atoms with Gasteiger partial charge in [-0.15, -0.1) is 0 Å². The van der Waals surface area contributed by atoms with E-state index in [0.717, 1.165) is 6.07 Å². The number of fused-ring (bicyclic) bond motifs is 1. The number of aliphatic imine (C=N–C) groups is 1. The molecule has 2 N–H and O–H groups in total. The molecule has 39 heavy (non-hydrogen) atoms. The molecular formula is C25H21F6N5O2S. The lowest BCUT2D eigenvalue weighted by molar-refractivity contribution is -0.143. The van der Waals surface area contributed by atoms with Crippen LogP contribution < -0.4 is 5.32 Å². The quantitative estimate of drug-likeness (QED) is 0.359. The van der Waals surface area contributed by atoms with Gasteiger partial charge in [0, 0.05) is 25.0 Å².